The van der Waals surface area contributed by atoms with Crippen molar-refractivity contribution in [2.45, 2.75) is 39.7 Å². The molecule has 1 rings (SSSR count). The van der Waals surface area contributed by atoms with Gasteiger partial charge in [-0.3, -0.25) is 4.79 Å². The molecule has 0 aliphatic rings. The molecule has 0 saturated heterocycles. The molecule has 0 amide bonds. The first kappa shape index (κ1) is 13.0. The number of aromatic amines is 1. The van der Waals surface area contributed by atoms with Gasteiger partial charge in [0.25, 0.3) is 5.56 Å². The first-order valence-electron chi connectivity index (χ1n) is 5.50. The molecule has 0 spiro atoms. The minimum absolute atomic E-state index is 0.173. The predicted molar refractivity (Wildman–Crippen MR) is 67.0 cm³/mol. The Morgan fingerprint density at radius 1 is 1.44 bits per heavy atom. The number of nitrogens with one attached hydrogen (secondary N) is 2. The number of hydrogen-bond acceptors (Lipinski definition) is 3. The Morgan fingerprint density at radius 3 is 2.75 bits per heavy atom. The number of aromatic nitrogens is 2. The fourth-order valence-corrected chi connectivity index (χ4v) is 1.55. The second kappa shape index (κ2) is 5.89. The Bertz CT molecular complexity index is 389. The van der Waals surface area contributed by atoms with Crippen LogP contribution < -0.4 is 10.9 Å². The maximum Gasteiger partial charge on any atom is 0.285 e. The van der Waals surface area contributed by atoms with E-state index in [1.165, 1.54) is 6.20 Å². The summed E-state index contributed by atoms with van der Waals surface area (Å²) in [5.41, 5.74) is 0.240. The van der Waals surface area contributed by atoms with Crippen molar-refractivity contribution >= 4 is 17.3 Å². The van der Waals surface area contributed by atoms with Crippen molar-refractivity contribution in [3.8, 4) is 0 Å². The van der Waals surface area contributed by atoms with Crippen LogP contribution in [0.15, 0.2) is 11.0 Å². The van der Waals surface area contributed by atoms with Gasteiger partial charge >= 0.3 is 0 Å². The summed E-state index contributed by atoms with van der Waals surface area (Å²) in [6, 6.07) is 0.281. The van der Waals surface area contributed by atoms with Crippen LogP contribution in [0.3, 0.4) is 0 Å². The molecule has 1 unspecified atom stereocenters. The Labute approximate surface area is 100 Å². The third kappa shape index (κ3) is 3.85. The zero-order valence-corrected chi connectivity index (χ0v) is 10.6. The Balaban J connectivity index is 2.59. The molecule has 1 aromatic heterocycles. The quantitative estimate of drug-likeness (QED) is 0.836. The normalized spacial score (nSPS) is 12.8. The van der Waals surface area contributed by atoms with Crippen molar-refractivity contribution in [2.24, 2.45) is 5.92 Å². The number of H-pyrrole nitrogens is 1. The van der Waals surface area contributed by atoms with E-state index in [1.807, 2.05) is 0 Å². The van der Waals surface area contributed by atoms with Crippen molar-refractivity contribution in [1.82, 2.24) is 10.2 Å². The van der Waals surface area contributed by atoms with E-state index in [4.69, 9.17) is 11.6 Å². The molecule has 0 radical (unpaired) electrons. The molecule has 1 aromatic rings. The van der Waals surface area contributed by atoms with E-state index in [0.29, 0.717) is 11.6 Å². The van der Waals surface area contributed by atoms with E-state index < -0.39 is 0 Å². The lowest BCUT2D eigenvalue weighted by Crippen LogP contribution is -2.19. The maximum atomic E-state index is 11.2. The van der Waals surface area contributed by atoms with Gasteiger partial charge in [-0.2, -0.15) is 5.10 Å². The summed E-state index contributed by atoms with van der Waals surface area (Å²) < 4.78 is 0. The zero-order chi connectivity index (χ0) is 12.1. The highest BCUT2D eigenvalue weighted by Gasteiger charge is 2.08. The lowest BCUT2D eigenvalue weighted by atomic mass is 10.0. The molecule has 5 heteroatoms. The van der Waals surface area contributed by atoms with Crippen LogP contribution in [-0.4, -0.2) is 16.2 Å². The number of hydrogen-bond donors (Lipinski definition) is 2. The molecule has 1 heterocycles. The molecular formula is C11H18ClN3O. The lowest BCUT2D eigenvalue weighted by Gasteiger charge is -2.16. The summed E-state index contributed by atoms with van der Waals surface area (Å²) >= 11 is 5.85. The van der Waals surface area contributed by atoms with Gasteiger partial charge in [-0.15, -0.1) is 0 Å². The number of anilines is 1. The van der Waals surface area contributed by atoms with Gasteiger partial charge in [0.05, 0.1) is 11.9 Å². The van der Waals surface area contributed by atoms with Crippen LogP contribution in [0.25, 0.3) is 0 Å². The molecule has 2 N–H and O–H groups in total. The number of nitrogens with zero attached hydrogens (tertiary/aromatic N) is 1. The molecule has 90 valence electrons. The van der Waals surface area contributed by atoms with Crippen LogP contribution in [0, 0.1) is 5.92 Å². The van der Waals surface area contributed by atoms with Gasteiger partial charge in [0.2, 0.25) is 0 Å². The smallest absolute Gasteiger partial charge is 0.285 e. The van der Waals surface area contributed by atoms with Crippen molar-refractivity contribution in [3.63, 3.8) is 0 Å². The van der Waals surface area contributed by atoms with Crippen LogP contribution >= 0.6 is 11.6 Å². The van der Waals surface area contributed by atoms with E-state index in [0.717, 1.165) is 12.8 Å². The standard InChI is InChI=1S/C11H18ClN3O/c1-7(2)4-5-8(3)14-9-6-13-15-11(16)10(9)12/h6-8H,4-5H2,1-3H3,(H2,14,15,16). The third-order valence-corrected chi connectivity index (χ3v) is 2.75. The molecule has 0 fully saturated rings. The summed E-state index contributed by atoms with van der Waals surface area (Å²) in [5, 5.41) is 9.36. The minimum Gasteiger partial charge on any atom is -0.380 e. The first-order valence-corrected chi connectivity index (χ1v) is 5.88. The topological polar surface area (TPSA) is 57.8 Å². The minimum atomic E-state index is -0.359. The number of rotatable bonds is 5. The highest BCUT2D eigenvalue weighted by Crippen LogP contribution is 2.17. The second-order valence-corrected chi connectivity index (χ2v) is 4.82. The molecular weight excluding hydrogens is 226 g/mol. The molecule has 16 heavy (non-hydrogen) atoms. The average molecular weight is 244 g/mol. The van der Waals surface area contributed by atoms with Crippen molar-refractivity contribution in [2.75, 3.05) is 5.32 Å². The molecule has 1 atom stereocenters. The number of halogens is 1. The maximum absolute atomic E-state index is 11.2. The van der Waals surface area contributed by atoms with Crippen LogP contribution in [-0.2, 0) is 0 Å². The van der Waals surface area contributed by atoms with Crippen molar-refractivity contribution in [1.29, 1.82) is 0 Å². The monoisotopic (exact) mass is 243 g/mol. The SMILES string of the molecule is CC(C)CCC(C)Nc1cn[nH]c(=O)c1Cl. The van der Waals surface area contributed by atoms with Crippen molar-refractivity contribution < 1.29 is 0 Å². The Morgan fingerprint density at radius 2 is 2.12 bits per heavy atom. The summed E-state index contributed by atoms with van der Waals surface area (Å²) in [4.78, 5) is 11.2. The van der Waals surface area contributed by atoms with Gasteiger partial charge in [0.1, 0.15) is 5.02 Å². The van der Waals surface area contributed by atoms with Gasteiger partial charge in [-0.05, 0) is 25.7 Å². The Kier molecular flexibility index (Phi) is 4.80. The van der Waals surface area contributed by atoms with Crippen LogP contribution in [0.1, 0.15) is 33.6 Å². The summed E-state index contributed by atoms with van der Waals surface area (Å²) in [5.74, 6) is 0.678. The average Bonchev–Trinajstić information content (AvgIpc) is 2.22. The van der Waals surface area contributed by atoms with Gasteiger partial charge in [-0.25, -0.2) is 5.10 Å². The largest absolute Gasteiger partial charge is 0.380 e. The Hall–Kier alpha value is -1.03. The highest BCUT2D eigenvalue weighted by molar-refractivity contribution is 6.32. The lowest BCUT2D eigenvalue weighted by molar-refractivity contribution is 0.527. The van der Waals surface area contributed by atoms with E-state index in [-0.39, 0.29) is 16.6 Å². The van der Waals surface area contributed by atoms with Gasteiger partial charge in [-0.1, -0.05) is 25.4 Å². The van der Waals surface area contributed by atoms with Crippen molar-refractivity contribution in [3.05, 3.63) is 21.6 Å². The van der Waals surface area contributed by atoms with E-state index in [2.05, 4.69) is 36.3 Å². The molecule has 0 aliphatic carbocycles. The third-order valence-electron chi connectivity index (χ3n) is 2.37. The predicted octanol–water partition coefficient (Wildman–Crippen LogP) is 2.66. The van der Waals surface area contributed by atoms with Gasteiger partial charge < -0.3 is 5.32 Å². The molecule has 0 bridgehead atoms. The zero-order valence-electron chi connectivity index (χ0n) is 9.88. The van der Waals surface area contributed by atoms with Gasteiger partial charge in [0.15, 0.2) is 0 Å². The summed E-state index contributed by atoms with van der Waals surface area (Å²) in [6.45, 7) is 6.45. The van der Waals surface area contributed by atoms with E-state index in [9.17, 15) is 4.79 Å². The molecule has 0 aliphatic heterocycles. The highest BCUT2D eigenvalue weighted by atomic mass is 35.5. The summed E-state index contributed by atoms with van der Waals surface area (Å²) in [6.07, 6.45) is 3.72. The van der Waals surface area contributed by atoms with E-state index in [1.54, 1.807) is 0 Å². The fourth-order valence-electron chi connectivity index (χ4n) is 1.41. The van der Waals surface area contributed by atoms with Crippen LogP contribution in [0.5, 0.6) is 0 Å². The second-order valence-electron chi connectivity index (χ2n) is 4.44. The molecule has 0 aromatic carbocycles. The first-order chi connectivity index (χ1) is 7.50. The summed E-state index contributed by atoms with van der Waals surface area (Å²) in [7, 11) is 0. The van der Waals surface area contributed by atoms with Crippen LogP contribution in [0.4, 0.5) is 5.69 Å². The van der Waals surface area contributed by atoms with Crippen LogP contribution in [0.2, 0.25) is 5.02 Å². The fraction of sp³-hybridized carbons (Fsp3) is 0.636. The van der Waals surface area contributed by atoms with Gasteiger partial charge in [0, 0.05) is 6.04 Å². The molecule has 0 saturated carbocycles. The molecule has 4 nitrogen and oxygen atoms in total. The van der Waals surface area contributed by atoms with E-state index >= 15 is 0 Å².